The van der Waals surface area contributed by atoms with E-state index in [1.807, 2.05) is 30.0 Å². The summed E-state index contributed by atoms with van der Waals surface area (Å²) in [6, 6.07) is 10.2. The summed E-state index contributed by atoms with van der Waals surface area (Å²) in [6.45, 7) is 4.81. The molecule has 17 heavy (non-hydrogen) atoms. The summed E-state index contributed by atoms with van der Waals surface area (Å²) in [7, 11) is 0. The molecule has 2 rings (SSSR count). The van der Waals surface area contributed by atoms with Gasteiger partial charge in [-0.05, 0) is 12.0 Å². The number of amides is 1. The lowest BCUT2D eigenvalue weighted by Gasteiger charge is -2.29. The highest BCUT2D eigenvalue weighted by molar-refractivity contribution is 5.78. The van der Waals surface area contributed by atoms with Gasteiger partial charge in [0.05, 0.1) is 13.2 Å². The molecule has 1 fully saturated rings. The maximum absolute atomic E-state index is 12.2. The van der Waals surface area contributed by atoms with Crippen molar-refractivity contribution in [3.8, 4) is 0 Å². The molecule has 0 aromatic heterocycles. The topological polar surface area (TPSA) is 29.5 Å². The Morgan fingerprint density at radius 1 is 1.29 bits per heavy atom. The zero-order valence-corrected chi connectivity index (χ0v) is 10.3. The lowest BCUT2D eigenvalue weighted by atomic mass is 10.00. The third-order valence-corrected chi connectivity index (χ3v) is 3.13. The fraction of sp³-hybridized carbons (Fsp3) is 0.500. The van der Waals surface area contributed by atoms with Crippen LogP contribution in [0.4, 0.5) is 0 Å². The maximum atomic E-state index is 12.2. The molecule has 0 N–H and O–H groups in total. The van der Waals surface area contributed by atoms with Crippen molar-refractivity contribution in [3.63, 3.8) is 0 Å². The van der Waals surface area contributed by atoms with Crippen LogP contribution in [0.5, 0.6) is 0 Å². The van der Waals surface area contributed by atoms with Gasteiger partial charge < -0.3 is 9.64 Å². The van der Waals surface area contributed by atoms with Crippen molar-refractivity contribution >= 4 is 5.91 Å². The molecule has 1 aliphatic heterocycles. The SMILES string of the molecule is C[C@@H](Cc1ccccc1)C(=O)N1CCOCC1. The summed E-state index contributed by atoms with van der Waals surface area (Å²) in [5, 5.41) is 0. The molecule has 1 amide bonds. The van der Waals surface area contributed by atoms with Crippen molar-refractivity contribution in [2.75, 3.05) is 26.3 Å². The number of carbonyl (C=O) groups is 1. The molecule has 0 bridgehead atoms. The van der Waals surface area contributed by atoms with E-state index in [-0.39, 0.29) is 11.8 Å². The van der Waals surface area contributed by atoms with Crippen LogP contribution in [-0.4, -0.2) is 37.1 Å². The van der Waals surface area contributed by atoms with E-state index < -0.39 is 0 Å². The van der Waals surface area contributed by atoms with Crippen LogP contribution in [0.2, 0.25) is 0 Å². The van der Waals surface area contributed by atoms with Gasteiger partial charge in [-0.3, -0.25) is 4.79 Å². The van der Waals surface area contributed by atoms with Gasteiger partial charge in [-0.1, -0.05) is 37.3 Å². The summed E-state index contributed by atoms with van der Waals surface area (Å²) in [5.41, 5.74) is 1.22. The van der Waals surface area contributed by atoms with Gasteiger partial charge in [-0.25, -0.2) is 0 Å². The monoisotopic (exact) mass is 233 g/mol. The van der Waals surface area contributed by atoms with Gasteiger partial charge >= 0.3 is 0 Å². The van der Waals surface area contributed by atoms with Crippen molar-refractivity contribution in [3.05, 3.63) is 35.9 Å². The molecule has 1 saturated heterocycles. The summed E-state index contributed by atoms with van der Waals surface area (Å²) in [5.74, 6) is 0.299. The van der Waals surface area contributed by atoms with E-state index >= 15 is 0 Å². The predicted octanol–water partition coefficient (Wildman–Crippen LogP) is 1.72. The van der Waals surface area contributed by atoms with Crippen molar-refractivity contribution in [2.45, 2.75) is 13.3 Å². The van der Waals surface area contributed by atoms with Gasteiger partial charge in [0.2, 0.25) is 5.91 Å². The van der Waals surface area contributed by atoms with Crippen LogP contribution in [0.1, 0.15) is 12.5 Å². The Labute approximate surface area is 102 Å². The molecule has 92 valence electrons. The number of benzene rings is 1. The summed E-state index contributed by atoms with van der Waals surface area (Å²) in [4.78, 5) is 14.1. The molecular formula is C14H19NO2. The lowest BCUT2D eigenvalue weighted by Crippen LogP contribution is -2.43. The number of ether oxygens (including phenoxy) is 1. The van der Waals surface area contributed by atoms with Crippen LogP contribution in [0.25, 0.3) is 0 Å². The standard InChI is InChI=1S/C14H19NO2/c1-12(11-13-5-3-2-4-6-13)14(16)15-7-9-17-10-8-15/h2-6,12H,7-11H2,1H3/t12-/m0/s1. The first-order valence-corrected chi connectivity index (χ1v) is 6.18. The fourth-order valence-electron chi connectivity index (χ4n) is 2.15. The highest BCUT2D eigenvalue weighted by Crippen LogP contribution is 2.12. The normalized spacial score (nSPS) is 17.8. The first-order valence-electron chi connectivity index (χ1n) is 6.18. The Balaban J connectivity index is 1.90. The van der Waals surface area contributed by atoms with Crippen molar-refractivity contribution < 1.29 is 9.53 Å². The lowest BCUT2D eigenvalue weighted by molar-refractivity contribution is -0.139. The molecule has 0 saturated carbocycles. The molecule has 0 radical (unpaired) electrons. The average Bonchev–Trinajstić information content (AvgIpc) is 2.40. The third-order valence-electron chi connectivity index (χ3n) is 3.13. The number of morpholine rings is 1. The second-order valence-electron chi connectivity index (χ2n) is 4.53. The van der Waals surface area contributed by atoms with Crippen molar-refractivity contribution in [1.82, 2.24) is 4.90 Å². The second-order valence-corrected chi connectivity index (χ2v) is 4.53. The fourth-order valence-corrected chi connectivity index (χ4v) is 2.15. The van der Waals surface area contributed by atoms with E-state index in [1.54, 1.807) is 0 Å². The van der Waals surface area contributed by atoms with Crippen LogP contribution in [0, 0.1) is 5.92 Å². The first-order chi connectivity index (χ1) is 8.27. The smallest absolute Gasteiger partial charge is 0.225 e. The van der Waals surface area contributed by atoms with Crippen LogP contribution in [0.3, 0.4) is 0 Å². The average molecular weight is 233 g/mol. The van der Waals surface area contributed by atoms with E-state index in [2.05, 4.69) is 12.1 Å². The van der Waals surface area contributed by atoms with Crippen LogP contribution in [0.15, 0.2) is 30.3 Å². The van der Waals surface area contributed by atoms with Crippen LogP contribution >= 0.6 is 0 Å². The molecule has 3 nitrogen and oxygen atoms in total. The number of hydrogen-bond acceptors (Lipinski definition) is 2. The van der Waals surface area contributed by atoms with Gasteiger partial charge in [0.1, 0.15) is 0 Å². The summed E-state index contributed by atoms with van der Waals surface area (Å²) in [6.07, 6.45) is 0.816. The Hall–Kier alpha value is -1.35. The molecular weight excluding hydrogens is 214 g/mol. The van der Waals surface area contributed by atoms with Crippen molar-refractivity contribution in [2.24, 2.45) is 5.92 Å². The highest BCUT2D eigenvalue weighted by Gasteiger charge is 2.22. The third kappa shape index (κ3) is 3.30. The largest absolute Gasteiger partial charge is 0.378 e. The van der Waals surface area contributed by atoms with Gasteiger partial charge in [0.15, 0.2) is 0 Å². The molecule has 1 heterocycles. The minimum atomic E-state index is 0.0514. The minimum absolute atomic E-state index is 0.0514. The maximum Gasteiger partial charge on any atom is 0.225 e. The zero-order chi connectivity index (χ0) is 12.1. The van der Waals surface area contributed by atoms with Crippen molar-refractivity contribution in [1.29, 1.82) is 0 Å². The van der Waals surface area contributed by atoms with E-state index in [0.29, 0.717) is 13.2 Å². The Morgan fingerprint density at radius 2 is 1.94 bits per heavy atom. The van der Waals surface area contributed by atoms with Gasteiger partial charge in [0.25, 0.3) is 0 Å². The summed E-state index contributed by atoms with van der Waals surface area (Å²) >= 11 is 0. The van der Waals surface area contributed by atoms with Crippen LogP contribution in [-0.2, 0) is 16.0 Å². The Bertz CT molecular complexity index is 358. The zero-order valence-electron chi connectivity index (χ0n) is 10.3. The molecule has 1 aliphatic rings. The quantitative estimate of drug-likeness (QED) is 0.795. The summed E-state index contributed by atoms with van der Waals surface area (Å²) < 4.78 is 5.25. The predicted molar refractivity (Wildman–Crippen MR) is 66.7 cm³/mol. The molecule has 0 aliphatic carbocycles. The highest BCUT2D eigenvalue weighted by atomic mass is 16.5. The molecule has 3 heteroatoms. The van der Waals surface area contributed by atoms with Gasteiger partial charge in [-0.15, -0.1) is 0 Å². The number of hydrogen-bond donors (Lipinski definition) is 0. The first kappa shape index (κ1) is 12.1. The van der Waals surface area contributed by atoms with E-state index in [0.717, 1.165) is 19.5 Å². The van der Waals surface area contributed by atoms with E-state index in [4.69, 9.17) is 4.74 Å². The molecule has 1 atom stereocenters. The van der Waals surface area contributed by atoms with E-state index in [1.165, 1.54) is 5.56 Å². The molecule has 1 aromatic carbocycles. The minimum Gasteiger partial charge on any atom is -0.378 e. The van der Waals surface area contributed by atoms with Gasteiger partial charge in [0, 0.05) is 19.0 Å². The van der Waals surface area contributed by atoms with E-state index in [9.17, 15) is 4.79 Å². The van der Waals surface area contributed by atoms with Gasteiger partial charge in [-0.2, -0.15) is 0 Å². The number of rotatable bonds is 3. The molecule has 0 unspecified atom stereocenters. The Morgan fingerprint density at radius 3 is 2.59 bits per heavy atom. The van der Waals surface area contributed by atoms with Crippen LogP contribution < -0.4 is 0 Å². The Kier molecular flexibility index (Phi) is 4.15. The second kappa shape index (κ2) is 5.82. The molecule has 1 aromatic rings. The molecule has 0 spiro atoms. The number of carbonyl (C=O) groups excluding carboxylic acids is 1. The number of nitrogens with zero attached hydrogens (tertiary/aromatic N) is 1.